The van der Waals surface area contributed by atoms with Crippen LogP contribution in [0.15, 0.2) is 18.2 Å². The molecule has 2 rings (SSSR count). The summed E-state index contributed by atoms with van der Waals surface area (Å²) in [5, 5.41) is 11.4. The average Bonchev–Trinajstić information content (AvgIpc) is 2.56. The largest absolute Gasteiger partial charge is 0.497 e. The van der Waals surface area contributed by atoms with E-state index in [1.807, 2.05) is 18.2 Å². The monoisotopic (exact) mass is 320 g/mol. The highest BCUT2D eigenvalue weighted by atomic mass is 16.5. The van der Waals surface area contributed by atoms with E-state index in [1.165, 1.54) is 11.1 Å². The maximum atomic E-state index is 12.3. The number of carboxylic acid groups (broad SMARTS) is 1. The van der Waals surface area contributed by atoms with Gasteiger partial charge < -0.3 is 20.1 Å². The zero-order valence-electron chi connectivity index (χ0n) is 13.7. The molecule has 0 aromatic heterocycles. The second kappa shape index (κ2) is 7.85. The lowest BCUT2D eigenvalue weighted by atomic mass is 9.87. The van der Waals surface area contributed by atoms with E-state index in [0.717, 1.165) is 25.0 Å². The number of benzene rings is 1. The number of carbonyl (C=O) groups excluding carboxylic acids is 1. The molecule has 1 unspecified atom stereocenters. The Morgan fingerprint density at radius 2 is 2.22 bits per heavy atom. The summed E-state index contributed by atoms with van der Waals surface area (Å²) in [4.78, 5) is 24.5. The van der Waals surface area contributed by atoms with Crippen LogP contribution in [0, 0.1) is 0 Å². The molecule has 23 heavy (non-hydrogen) atoms. The minimum atomic E-state index is -0.845. The lowest BCUT2D eigenvalue weighted by molar-refractivity contribution is -0.137. The maximum Gasteiger partial charge on any atom is 0.317 e. The third-order valence-electron chi connectivity index (χ3n) is 4.26. The van der Waals surface area contributed by atoms with E-state index in [2.05, 4.69) is 5.32 Å². The van der Waals surface area contributed by atoms with Crippen LogP contribution in [0.3, 0.4) is 0 Å². The number of aryl methyl sites for hydroxylation is 1. The van der Waals surface area contributed by atoms with Gasteiger partial charge in [-0.25, -0.2) is 4.79 Å². The third-order valence-corrected chi connectivity index (χ3v) is 4.26. The van der Waals surface area contributed by atoms with Crippen LogP contribution in [0.5, 0.6) is 5.75 Å². The van der Waals surface area contributed by atoms with Crippen LogP contribution in [0.25, 0.3) is 0 Å². The molecule has 126 valence electrons. The van der Waals surface area contributed by atoms with Gasteiger partial charge in [0.05, 0.1) is 13.2 Å². The van der Waals surface area contributed by atoms with E-state index in [0.29, 0.717) is 13.0 Å². The van der Waals surface area contributed by atoms with E-state index in [9.17, 15) is 9.59 Å². The first kappa shape index (κ1) is 17.1. The molecule has 0 heterocycles. The maximum absolute atomic E-state index is 12.3. The van der Waals surface area contributed by atoms with E-state index >= 15 is 0 Å². The van der Waals surface area contributed by atoms with Gasteiger partial charge in [0.25, 0.3) is 0 Å². The van der Waals surface area contributed by atoms with Crippen molar-refractivity contribution < 1.29 is 19.4 Å². The quantitative estimate of drug-likeness (QED) is 0.790. The van der Waals surface area contributed by atoms with Crippen LogP contribution >= 0.6 is 0 Å². The number of carboxylic acids is 1. The molecule has 6 heteroatoms. The van der Waals surface area contributed by atoms with Crippen LogP contribution in [-0.2, 0) is 11.2 Å². The van der Waals surface area contributed by atoms with Gasteiger partial charge in [0.15, 0.2) is 0 Å². The van der Waals surface area contributed by atoms with Gasteiger partial charge in [-0.15, -0.1) is 0 Å². The Morgan fingerprint density at radius 1 is 1.43 bits per heavy atom. The van der Waals surface area contributed by atoms with Crippen LogP contribution < -0.4 is 10.1 Å². The molecule has 1 atom stereocenters. The van der Waals surface area contributed by atoms with Gasteiger partial charge in [0.2, 0.25) is 0 Å². The van der Waals surface area contributed by atoms with Crippen molar-refractivity contribution in [2.75, 3.05) is 20.7 Å². The Labute approximate surface area is 136 Å². The molecule has 0 saturated carbocycles. The SMILES string of the molecule is COc1ccc2c(c1)CCCC2N(C)C(=O)NCCCC(=O)O. The van der Waals surface area contributed by atoms with Crippen molar-refractivity contribution in [2.45, 2.75) is 38.1 Å². The van der Waals surface area contributed by atoms with Gasteiger partial charge in [-0.05, 0) is 48.9 Å². The molecule has 1 aliphatic rings. The van der Waals surface area contributed by atoms with E-state index in [1.54, 1.807) is 19.1 Å². The molecule has 1 aliphatic carbocycles. The van der Waals surface area contributed by atoms with Crippen LogP contribution in [0.4, 0.5) is 4.79 Å². The zero-order valence-corrected chi connectivity index (χ0v) is 13.7. The predicted molar refractivity (Wildman–Crippen MR) is 86.7 cm³/mol. The van der Waals surface area contributed by atoms with Crippen LogP contribution in [0.2, 0.25) is 0 Å². The van der Waals surface area contributed by atoms with E-state index in [4.69, 9.17) is 9.84 Å². The third kappa shape index (κ3) is 4.37. The highest BCUT2D eigenvalue weighted by Crippen LogP contribution is 2.35. The summed E-state index contributed by atoms with van der Waals surface area (Å²) in [5.74, 6) is -0.00654. The minimum Gasteiger partial charge on any atom is -0.497 e. The molecule has 0 radical (unpaired) electrons. The van der Waals surface area contributed by atoms with Crippen molar-refractivity contribution in [1.29, 1.82) is 0 Å². The molecule has 0 fully saturated rings. The van der Waals surface area contributed by atoms with Gasteiger partial charge in [0, 0.05) is 20.0 Å². The van der Waals surface area contributed by atoms with Gasteiger partial charge in [0.1, 0.15) is 5.75 Å². The fraction of sp³-hybridized carbons (Fsp3) is 0.529. The molecular weight excluding hydrogens is 296 g/mol. The molecule has 0 aliphatic heterocycles. The summed E-state index contributed by atoms with van der Waals surface area (Å²) >= 11 is 0. The summed E-state index contributed by atoms with van der Waals surface area (Å²) in [6, 6.07) is 5.88. The number of hydrogen-bond acceptors (Lipinski definition) is 3. The topological polar surface area (TPSA) is 78.9 Å². The fourth-order valence-corrected chi connectivity index (χ4v) is 3.00. The predicted octanol–water partition coefficient (Wildman–Crippen LogP) is 2.58. The number of nitrogens with one attached hydrogen (secondary N) is 1. The van der Waals surface area contributed by atoms with Gasteiger partial charge >= 0.3 is 12.0 Å². The molecule has 6 nitrogen and oxygen atoms in total. The Morgan fingerprint density at radius 3 is 2.91 bits per heavy atom. The van der Waals surface area contributed by atoms with Crippen molar-refractivity contribution in [1.82, 2.24) is 10.2 Å². The lowest BCUT2D eigenvalue weighted by Crippen LogP contribution is -2.41. The Kier molecular flexibility index (Phi) is 5.84. The molecule has 1 aromatic carbocycles. The number of rotatable bonds is 6. The Balaban J connectivity index is 1.99. The smallest absolute Gasteiger partial charge is 0.317 e. The summed E-state index contributed by atoms with van der Waals surface area (Å²) in [6.07, 6.45) is 3.46. The van der Waals surface area contributed by atoms with Crippen molar-refractivity contribution in [3.8, 4) is 5.75 Å². The number of ether oxygens (including phenoxy) is 1. The zero-order chi connectivity index (χ0) is 16.8. The first-order valence-corrected chi connectivity index (χ1v) is 7.92. The first-order chi connectivity index (χ1) is 11.0. The Bertz CT molecular complexity index is 574. The normalized spacial score (nSPS) is 16.3. The average molecular weight is 320 g/mol. The number of nitrogens with zero attached hydrogens (tertiary/aromatic N) is 1. The molecular formula is C17H24N2O4. The number of amides is 2. The highest BCUT2D eigenvalue weighted by Gasteiger charge is 2.26. The molecule has 2 amide bonds. The number of hydrogen-bond donors (Lipinski definition) is 2. The number of urea groups is 1. The van der Waals surface area contributed by atoms with Gasteiger partial charge in [-0.2, -0.15) is 0 Å². The van der Waals surface area contributed by atoms with E-state index in [-0.39, 0.29) is 18.5 Å². The molecule has 0 saturated heterocycles. The lowest BCUT2D eigenvalue weighted by Gasteiger charge is -2.33. The molecule has 1 aromatic rings. The Hall–Kier alpha value is -2.24. The van der Waals surface area contributed by atoms with Crippen LogP contribution in [-0.4, -0.2) is 42.7 Å². The van der Waals surface area contributed by atoms with Crippen molar-refractivity contribution in [3.05, 3.63) is 29.3 Å². The minimum absolute atomic E-state index is 0.0455. The van der Waals surface area contributed by atoms with Crippen molar-refractivity contribution in [2.24, 2.45) is 0 Å². The number of aliphatic carboxylic acids is 1. The van der Waals surface area contributed by atoms with Gasteiger partial charge in [-0.1, -0.05) is 6.07 Å². The van der Waals surface area contributed by atoms with Crippen molar-refractivity contribution >= 4 is 12.0 Å². The summed E-state index contributed by atoms with van der Waals surface area (Å²) in [6.45, 7) is 0.373. The molecule has 0 spiro atoms. The second-order valence-electron chi connectivity index (χ2n) is 5.81. The summed E-state index contributed by atoms with van der Waals surface area (Å²) < 4.78 is 5.27. The fourth-order valence-electron chi connectivity index (χ4n) is 3.00. The van der Waals surface area contributed by atoms with E-state index < -0.39 is 5.97 Å². The standard InChI is InChI=1S/C17H24N2O4/c1-19(17(22)18-10-4-7-16(20)21)15-6-3-5-12-11-13(23-2)8-9-14(12)15/h8-9,11,15H,3-7,10H2,1-2H3,(H,18,22)(H,20,21). The number of carbonyl (C=O) groups is 2. The first-order valence-electron chi connectivity index (χ1n) is 7.92. The highest BCUT2D eigenvalue weighted by molar-refractivity contribution is 5.74. The summed E-state index contributed by atoms with van der Waals surface area (Å²) in [7, 11) is 3.44. The van der Waals surface area contributed by atoms with Crippen molar-refractivity contribution in [3.63, 3.8) is 0 Å². The molecule has 2 N–H and O–H groups in total. The number of methoxy groups -OCH3 is 1. The molecule has 0 bridgehead atoms. The number of fused-ring (bicyclic) bond motifs is 1. The van der Waals surface area contributed by atoms with Gasteiger partial charge in [-0.3, -0.25) is 4.79 Å². The second-order valence-corrected chi connectivity index (χ2v) is 5.81. The summed E-state index contributed by atoms with van der Waals surface area (Å²) in [5.41, 5.74) is 2.39. The van der Waals surface area contributed by atoms with Crippen LogP contribution in [0.1, 0.15) is 42.9 Å².